The summed E-state index contributed by atoms with van der Waals surface area (Å²) in [6, 6.07) is 0. The molecule has 0 atom stereocenters. The Morgan fingerprint density at radius 2 is 2.11 bits per heavy atom. The van der Waals surface area contributed by atoms with E-state index in [2.05, 4.69) is 11.6 Å². The topological polar surface area (TPSA) is 38.4 Å². The SMILES string of the molecule is C=CN=C(C)SN.CC. The van der Waals surface area contributed by atoms with Crippen molar-refractivity contribution in [3.63, 3.8) is 0 Å². The van der Waals surface area contributed by atoms with Crippen LogP contribution in [-0.4, -0.2) is 5.04 Å². The molecule has 0 aliphatic rings. The van der Waals surface area contributed by atoms with Gasteiger partial charge in [-0.1, -0.05) is 20.4 Å². The van der Waals surface area contributed by atoms with Crippen LogP contribution in [0.5, 0.6) is 0 Å². The van der Waals surface area contributed by atoms with Crippen LogP contribution in [0.2, 0.25) is 0 Å². The van der Waals surface area contributed by atoms with E-state index in [9.17, 15) is 0 Å². The second-order valence-electron chi connectivity index (χ2n) is 0.949. The predicted molar refractivity (Wildman–Crippen MR) is 46.4 cm³/mol. The molecule has 0 saturated carbocycles. The van der Waals surface area contributed by atoms with E-state index in [1.807, 2.05) is 20.8 Å². The first-order valence-electron chi connectivity index (χ1n) is 2.83. The van der Waals surface area contributed by atoms with Gasteiger partial charge in [-0.05, 0) is 18.9 Å². The van der Waals surface area contributed by atoms with E-state index in [1.165, 1.54) is 6.20 Å². The largest absolute Gasteiger partial charge is 0.273 e. The summed E-state index contributed by atoms with van der Waals surface area (Å²) in [4.78, 5) is 3.76. The third-order valence-corrected chi connectivity index (χ3v) is 0.890. The van der Waals surface area contributed by atoms with Crippen LogP contribution >= 0.6 is 11.9 Å². The van der Waals surface area contributed by atoms with Gasteiger partial charge in [0.2, 0.25) is 0 Å². The predicted octanol–water partition coefficient (Wildman–Crippen LogP) is 2.18. The van der Waals surface area contributed by atoms with Crippen LogP contribution in [0.1, 0.15) is 20.8 Å². The maximum atomic E-state index is 5.10. The van der Waals surface area contributed by atoms with Gasteiger partial charge in [-0.15, -0.1) is 0 Å². The summed E-state index contributed by atoms with van der Waals surface area (Å²) >= 11 is 1.13. The van der Waals surface area contributed by atoms with E-state index in [0.29, 0.717) is 0 Å². The Balaban J connectivity index is 0. The highest BCUT2D eigenvalue weighted by atomic mass is 32.2. The lowest BCUT2D eigenvalue weighted by atomic mass is 10.8. The molecule has 0 amide bonds. The van der Waals surface area contributed by atoms with E-state index in [-0.39, 0.29) is 0 Å². The molecule has 0 aliphatic heterocycles. The fourth-order valence-corrected chi connectivity index (χ4v) is 0.294. The Kier molecular flexibility index (Phi) is 13.6. The van der Waals surface area contributed by atoms with Crippen LogP contribution in [0.4, 0.5) is 0 Å². The minimum atomic E-state index is 0.829. The van der Waals surface area contributed by atoms with Gasteiger partial charge in [-0.3, -0.25) is 10.1 Å². The van der Waals surface area contributed by atoms with Gasteiger partial charge in [0.25, 0.3) is 0 Å². The highest BCUT2D eigenvalue weighted by Gasteiger charge is 1.78. The molecule has 0 aromatic rings. The van der Waals surface area contributed by atoms with Crippen molar-refractivity contribution in [3.05, 3.63) is 12.8 Å². The van der Waals surface area contributed by atoms with Crippen LogP contribution in [-0.2, 0) is 0 Å². The van der Waals surface area contributed by atoms with E-state index < -0.39 is 0 Å². The summed E-state index contributed by atoms with van der Waals surface area (Å²) in [7, 11) is 0. The number of hydrogen-bond donors (Lipinski definition) is 1. The van der Waals surface area contributed by atoms with E-state index in [0.717, 1.165) is 17.0 Å². The fourth-order valence-electron chi connectivity index (χ4n) is 0.159. The summed E-state index contributed by atoms with van der Waals surface area (Å²) in [5.41, 5.74) is 0. The normalized spacial score (nSPS) is 9.56. The summed E-state index contributed by atoms with van der Waals surface area (Å²) in [6.45, 7) is 9.22. The van der Waals surface area contributed by atoms with E-state index in [1.54, 1.807) is 0 Å². The average Bonchev–Trinajstić information content (AvgIpc) is 1.93. The Bertz CT molecular complexity index is 89.1. The quantitative estimate of drug-likeness (QED) is 0.350. The number of rotatable bonds is 1. The number of hydrogen-bond acceptors (Lipinski definition) is 3. The van der Waals surface area contributed by atoms with Crippen LogP contribution in [0.15, 0.2) is 17.8 Å². The average molecular weight is 146 g/mol. The molecule has 0 rings (SSSR count). The molecule has 0 aromatic heterocycles. The minimum Gasteiger partial charge on any atom is -0.273 e. The fraction of sp³-hybridized carbons (Fsp3) is 0.500. The standard InChI is InChI=1S/C4H8N2S.C2H6/c1-3-6-4(2)7-5;1-2/h3H,1,5H2,2H3;1-2H3. The summed E-state index contributed by atoms with van der Waals surface area (Å²) in [6.07, 6.45) is 1.47. The summed E-state index contributed by atoms with van der Waals surface area (Å²) in [5.74, 6) is 0. The van der Waals surface area contributed by atoms with Gasteiger partial charge in [-0.2, -0.15) is 0 Å². The van der Waals surface area contributed by atoms with Crippen molar-refractivity contribution in [2.75, 3.05) is 0 Å². The molecule has 0 heterocycles. The zero-order chi connectivity index (χ0) is 7.70. The molecule has 0 radical (unpaired) electrons. The van der Waals surface area contributed by atoms with Gasteiger partial charge in [0.1, 0.15) is 0 Å². The first kappa shape index (κ1) is 11.5. The second-order valence-corrected chi connectivity index (χ2v) is 1.78. The molecule has 0 saturated heterocycles. The molecular weight excluding hydrogens is 132 g/mol. The third-order valence-electron chi connectivity index (χ3n) is 0.444. The number of nitrogens with two attached hydrogens (primary N) is 1. The van der Waals surface area contributed by atoms with Crippen molar-refractivity contribution in [2.24, 2.45) is 10.1 Å². The summed E-state index contributed by atoms with van der Waals surface area (Å²) < 4.78 is 0. The van der Waals surface area contributed by atoms with Crippen molar-refractivity contribution in [1.82, 2.24) is 0 Å². The van der Waals surface area contributed by atoms with Crippen molar-refractivity contribution in [3.8, 4) is 0 Å². The van der Waals surface area contributed by atoms with Crippen molar-refractivity contribution < 1.29 is 0 Å². The van der Waals surface area contributed by atoms with E-state index in [4.69, 9.17) is 5.14 Å². The lowest BCUT2D eigenvalue weighted by Crippen LogP contribution is -1.86. The van der Waals surface area contributed by atoms with Crippen molar-refractivity contribution >= 4 is 17.0 Å². The molecule has 0 aliphatic carbocycles. The van der Waals surface area contributed by atoms with Crippen LogP contribution in [0.3, 0.4) is 0 Å². The first-order valence-corrected chi connectivity index (χ1v) is 3.71. The lowest BCUT2D eigenvalue weighted by Gasteiger charge is -1.84. The molecular formula is C6H14N2S. The summed E-state index contributed by atoms with van der Waals surface area (Å²) in [5, 5.41) is 5.92. The van der Waals surface area contributed by atoms with Crippen molar-refractivity contribution in [2.45, 2.75) is 20.8 Å². The zero-order valence-electron chi connectivity index (χ0n) is 6.22. The second kappa shape index (κ2) is 10.7. The number of aliphatic imine (C=N–C) groups is 1. The van der Waals surface area contributed by atoms with Gasteiger partial charge in [0.15, 0.2) is 0 Å². The molecule has 54 valence electrons. The van der Waals surface area contributed by atoms with Crippen LogP contribution < -0.4 is 5.14 Å². The first-order chi connectivity index (χ1) is 4.31. The molecule has 9 heavy (non-hydrogen) atoms. The molecule has 0 bridgehead atoms. The highest BCUT2D eigenvalue weighted by Crippen LogP contribution is 1.90. The third kappa shape index (κ3) is 11.3. The van der Waals surface area contributed by atoms with Crippen molar-refractivity contribution in [1.29, 1.82) is 0 Å². The smallest absolute Gasteiger partial charge is 0.0848 e. The molecule has 2 N–H and O–H groups in total. The Hall–Kier alpha value is -0.280. The number of nitrogens with zero attached hydrogens (tertiary/aromatic N) is 1. The Morgan fingerprint density at radius 1 is 1.67 bits per heavy atom. The van der Waals surface area contributed by atoms with Gasteiger partial charge in [0, 0.05) is 6.20 Å². The van der Waals surface area contributed by atoms with Crippen LogP contribution in [0, 0.1) is 0 Å². The van der Waals surface area contributed by atoms with Crippen LogP contribution in [0.25, 0.3) is 0 Å². The maximum Gasteiger partial charge on any atom is 0.0848 e. The Morgan fingerprint density at radius 3 is 2.22 bits per heavy atom. The van der Waals surface area contributed by atoms with Gasteiger partial charge in [0.05, 0.1) is 5.04 Å². The highest BCUT2D eigenvalue weighted by molar-refractivity contribution is 8.11. The maximum absolute atomic E-state index is 5.10. The Labute approximate surface area is 61.4 Å². The lowest BCUT2D eigenvalue weighted by molar-refractivity contribution is 1.50. The van der Waals surface area contributed by atoms with Gasteiger partial charge in [-0.25, -0.2) is 0 Å². The molecule has 3 heteroatoms. The molecule has 2 nitrogen and oxygen atoms in total. The van der Waals surface area contributed by atoms with Gasteiger partial charge >= 0.3 is 0 Å². The van der Waals surface area contributed by atoms with E-state index >= 15 is 0 Å². The molecule has 0 unspecified atom stereocenters. The molecule has 0 fully saturated rings. The minimum absolute atomic E-state index is 0.829. The molecule has 0 aromatic carbocycles. The molecule has 0 spiro atoms. The monoisotopic (exact) mass is 146 g/mol. The van der Waals surface area contributed by atoms with Gasteiger partial charge < -0.3 is 0 Å². The zero-order valence-corrected chi connectivity index (χ0v) is 7.03.